The molecule has 52 valence electrons. The van der Waals surface area contributed by atoms with Crippen LogP contribution >= 0.6 is 0 Å². The monoisotopic (exact) mass is 136 g/mol. The molecular formula is C6H8N4. The molecule has 0 aromatic carbocycles. The maximum Gasteiger partial charge on any atom is 0.143 e. The summed E-state index contributed by atoms with van der Waals surface area (Å²) in [6.45, 7) is 0. The highest BCUT2D eigenvalue weighted by Crippen LogP contribution is 2.04. The number of anilines is 1. The van der Waals surface area contributed by atoms with Gasteiger partial charge < -0.3 is 11.5 Å². The second-order valence-electron chi connectivity index (χ2n) is 1.85. The first kappa shape index (κ1) is 6.54. The van der Waals surface area contributed by atoms with Gasteiger partial charge in [-0.1, -0.05) is 0 Å². The predicted octanol–water partition coefficient (Wildman–Crippen LogP) is -0.0521. The fraction of sp³-hybridized carbons (Fsp3) is 0. The minimum atomic E-state index is -0.0990. The zero-order chi connectivity index (χ0) is 7.56. The van der Waals surface area contributed by atoms with Crippen LogP contribution in [0.4, 0.5) is 5.69 Å². The van der Waals surface area contributed by atoms with Crippen LogP contribution in [-0.4, -0.2) is 10.8 Å². The molecule has 1 heterocycles. The van der Waals surface area contributed by atoms with Gasteiger partial charge in [-0.05, 0) is 12.1 Å². The van der Waals surface area contributed by atoms with Crippen LogP contribution in [0.5, 0.6) is 0 Å². The van der Waals surface area contributed by atoms with Crippen LogP contribution in [0.3, 0.4) is 0 Å². The number of nitrogens with zero attached hydrogens (tertiary/aromatic N) is 1. The normalized spacial score (nSPS) is 9.20. The number of nitrogens with two attached hydrogens (primary N) is 2. The molecule has 0 saturated heterocycles. The molecule has 0 atom stereocenters. The van der Waals surface area contributed by atoms with Crippen molar-refractivity contribution in [2.75, 3.05) is 5.73 Å². The van der Waals surface area contributed by atoms with Crippen LogP contribution < -0.4 is 11.5 Å². The number of hydrogen-bond acceptors (Lipinski definition) is 3. The second kappa shape index (κ2) is 2.34. The van der Waals surface area contributed by atoms with Crippen molar-refractivity contribution in [3.63, 3.8) is 0 Å². The minimum Gasteiger partial charge on any atom is -0.397 e. The van der Waals surface area contributed by atoms with Crippen molar-refractivity contribution >= 4 is 11.5 Å². The summed E-state index contributed by atoms with van der Waals surface area (Å²) in [4.78, 5) is 3.80. The highest BCUT2D eigenvalue weighted by Gasteiger charge is 1.99. The Hall–Kier alpha value is -1.58. The van der Waals surface area contributed by atoms with E-state index < -0.39 is 0 Å². The van der Waals surface area contributed by atoms with E-state index in [2.05, 4.69) is 4.98 Å². The number of pyridine rings is 1. The van der Waals surface area contributed by atoms with E-state index in [0.29, 0.717) is 11.4 Å². The molecule has 1 aromatic rings. The van der Waals surface area contributed by atoms with Gasteiger partial charge in [0.15, 0.2) is 0 Å². The number of nitrogen functional groups attached to an aromatic ring is 2. The highest BCUT2D eigenvalue weighted by molar-refractivity contribution is 5.97. The summed E-state index contributed by atoms with van der Waals surface area (Å²) in [6, 6.07) is 3.35. The van der Waals surface area contributed by atoms with Crippen molar-refractivity contribution in [3.8, 4) is 0 Å². The third-order valence-corrected chi connectivity index (χ3v) is 1.09. The number of hydrogen-bond donors (Lipinski definition) is 3. The first-order chi connectivity index (χ1) is 4.72. The lowest BCUT2D eigenvalue weighted by molar-refractivity contribution is 1.26. The fourth-order valence-corrected chi connectivity index (χ4v) is 0.643. The van der Waals surface area contributed by atoms with E-state index >= 15 is 0 Å². The van der Waals surface area contributed by atoms with Crippen molar-refractivity contribution in [2.24, 2.45) is 5.73 Å². The molecule has 1 aromatic heterocycles. The summed E-state index contributed by atoms with van der Waals surface area (Å²) in [5.41, 5.74) is 11.4. The standard InChI is InChI=1S/C6H8N4/c7-4-2-1-3-10-5(4)6(8)9/h1-3H,7H2,(H3,8,9). The van der Waals surface area contributed by atoms with Gasteiger partial charge in [0.2, 0.25) is 0 Å². The summed E-state index contributed by atoms with van der Waals surface area (Å²) in [6.07, 6.45) is 1.55. The van der Waals surface area contributed by atoms with Gasteiger partial charge in [0.05, 0.1) is 5.69 Å². The Bertz CT molecular complexity index is 256. The smallest absolute Gasteiger partial charge is 0.143 e. The zero-order valence-corrected chi connectivity index (χ0v) is 5.33. The molecule has 4 nitrogen and oxygen atoms in total. The van der Waals surface area contributed by atoms with Gasteiger partial charge in [0.25, 0.3) is 0 Å². The number of rotatable bonds is 1. The maximum atomic E-state index is 7.01. The zero-order valence-electron chi connectivity index (χ0n) is 5.33. The molecule has 4 heteroatoms. The first-order valence-electron chi connectivity index (χ1n) is 2.76. The van der Waals surface area contributed by atoms with Crippen LogP contribution in [0.2, 0.25) is 0 Å². The third kappa shape index (κ3) is 1.05. The van der Waals surface area contributed by atoms with E-state index in [0.717, 1.165) is 0 Å². The predicted molar refractivity (Wildman–Crippen MR) is 39.7 cm³/mol. The molecule has 0 aliphatic heterocycles. The molecule has 0 saturated carbocycles. The molecule has 0 radical (unpaired) electrons. The van der Waals surface area contributed by atoms with Crippen LogP contribution in [0, 0.1) is 5.41 Å². The average molecular weight is 136 g/mol. The van der Waals surface area contributed by atoms with Crippen molar-refractivity contribution in [2.45, 2.75) is 0 Å². The van der Waals surface area contributed by atoms with E-state index in [1.165, 1.54) is 0 Å². The topological polar surface area (TPSA) is 88.8 Å². The quantitative estimate of drug-likeness (QED) is 0.373. The Morgan fingerprint density at radius 3 is 2.70 bits per heavy atom. The molecular weight excluding hydrogens is 128 g/mol. The number of nitrogens with one attached hydrogen (secondary N) is 1. The molecule has 5 N–H and O–H groups in total. The van der Waals surface area contributed by atoms with E-state index in [1.807, 2.05) is 0 Å². The van der Waals surface area contributed by atoms with Gasteiger partial charge in [0, 0.05) is 6.20 Å². The Labute approximate surface area is 58.4 Å². The summed E-state index contributed by atoms with van der Waals surface area (Å²) in [7, 11) is 0. The Morgan fingerprint density at radius 1 is 1.60 bits per heavy atom. The van der Waals surface area contributed by atoms with Crippen LogP contribution in [0.1, 0.15) is 5.69 Å². The van der Waals surface area contributed by atoms with Gasteiger partial charge in [-0.2, -0.15) is 0 Å². The van der Waals surface area contributed by atoms with Gasteiger partial charge in [-0.25, -0.2) is 0 Å². The molecule has 10 heavy (non-hydrogen) atoms. The summed E-state index contributed by atoms with van der Waals surface area (Å²) < 4.78 is 0. The van der Waals surface area contributed by atoms with Gasteiger partial charge in [0.1, 0.15) is 11.5 Å². The molecule has 0 aliphatic carbocycles. The van der Waals surface area contributed by atoms with Gasteiger partial charge in [-0.3, -0.25) is 10.4 Å². The summed E-state index contributed by atoms with van der Waals surface area (Å²) >= 11 is 0. The van der Waals surface area contributed by atoms with Crippen LogP contribution in [0.25, 0.3) is 0 Å². The fourth-order valence-electron chi connectivity index (χ4n) is 0.643. The average Bonchev–Trinajstić information content (AvgIpc) is 1.88. The van der Waals surface area contributed by atoms with E-state index in [1.54, 1.807) is 18.3 Å². The largest absolute Gasteiger partial charge is 0.397 e. The molecule has 0 fully saturated rings. The van der Waals surface area contributed by atoms with E-state index in [4.69, 9.17) is 16.9 Å². The van der Waals surface area contributed by atoms with Crippen molar-refractivity contribution < 1.29 is 0 Å². The third-order valence-electron chi connectivity index (χ3n) is 1.09. The first-order valence-corrected chi connectivity index (χ1v) is 2.76. The van der Waals surface area contributed by atoms with E-state index in [9.17, 15) is 0 Å². The van der Waals surface area contributed by atoms with Crippen molar-refractivity contribution in [1.29, 1.82) is 5.41 Å². The van der Waals surface area contributed by atoms with E-state index in [-0.39, 0.29) is 5.84 Å². The van der Waals surface area contributed by atoms with Crippen molar-refractivity contribution in [3.05, 3.63) is 24.0 Å². The number of amidine groups is 1. The second-order valence-corrected chi connectivity index (χ2v) is 1.85. The van der Waals surface area contributed by atoms with Crippen LogP contribution in [0.15, 0.2) is 18.3 Å². The Morgan fingerprint density at radius 2 is 2.30 bits per heavy atom. The summed E-state index contributed by atoms with van der Waals surface area (Å²) in [5, 5.41) is 7.01. The molecule has 0 aliphatic rings. The summed E-state index contributed by atoms with van der Waals surface area (Å²) in [5.74, 6) is -0.0990. The number of aromatic nitrogens is 1. The molecule has 0 amide bonds. The molecule has 0 bridgehead atoms. The maximum absolute atomic E-state index is 7.01. The van der Waals surface area contributed by atoms with Gasteiger partial charge in [-0.15, -0.1) is 0 Å². The SMILES string of the molecule is N=C(N)c1ncccc1N. The van der Waals surface area contributed by atoms with Crippen molar-refractivity contribution in [1.82, 2.24) is 4.98 Å². The highest BCUT2D eigenvalue weighted by atomic mass is 14.8. The minimum absolute atomic E-state index is 0.0990. The lowest BCUT2D eigenvalue weighted by Crippen LogP contribution is -2.15. The molecule has 1 rings (SSSR count). The lowest BCUT2D eigenvalue weighted by atomic mass is 10.3. The Kier molecular flexibility index (Phi) is 1.53. The Balaban J connectivity index is 3.15. The van der Waals surface area contributed by atoms with Gasteiger partial charge >= 0.3 is 0 Å². The molecule has 0 unspecified atom stereocenters. The van der Waals surface area contributed by atoms with Crippen LogP contribution in [-0.2, 0) is 0 Å². The lowest BCUT2D eigenvalue weighted by Gasteiger charge is -1.98. The molecule has 0 spiro atoms.